The van der Waals surface area contributed by atoms with Gasteiger partial charge in [0.15, 0.2) is 23.0 Å². The minimum absolute atomic E-state index is 0.0326. The summed E-state index contributed by atoms with van der Waals surface area (Å²) in [6.45, 7) is 1.04. The van der Waals surface area contributed by atoms with Gasteiger partial charge in [-0.1, -0.05) is 41.7 Å². The van der Waals surface area contributed by atoms with Crippen LogP contribution in [0.1, 0.15) is 46.3 Å². The number of rotatable bonds is 10. The van der Waals surface area contributed by atoms with Crippen LogP contribution in [0.4, 0.5) is 0 Å². The lowest BCUT2D eigenvalue weighted by molar-refractivity contribution is -0.123. The molecule has 0 fully saturated rings. The number of aromatic nitrogens is 1. The third-order valence-corrected chi connectivity index (χ3v) is 8.84. The SMILES string of the molecule is COc1ccc(CC2c3cc(Oc4nccs4)c(OC)cc3CCN2CC(=O)NC2CCc3ccccc32)cc1OC. The molecule has 1 amide bonds. The van der Waals surface area contributed by atoms with Crippen LogP contribution in [0.5, 0.6) is 28.2 Å². The number of fused-ring (bicyclic) bond motifs is 2. The lowest BCUT2D eigenvalue weighted by Gasteiger charge is -2.38. The van der Waals surface area contributed by atoms with Crippen LogP contribution in [0.25, 0.3) is 0 Å². The Hall–Kier alpha value is -4.08. The van der Waals surface area contributed by atoms with Crippen molar-refractivity contribution in [3.63, 3.8) is 0 Å². The molecule has 6 rings (SSSR count). The van der Waals surface area contributed by atoms with E-state index in [4.69, 9.17) is 18.9 Å². The largest absolute Gasteiger partial charge is 0.493 e. The lowest BCUT2D eigenvalue weighted by atomic mass is 9.88. The Morgan fingerprint density at radius 2 is 1.74 bits per heavy atom. The molecule has 2 unspecified atom stereocenters. The van der Waals surface area contributed by atoms with Crippen molar-refractivity contribution in [2.75, 3.05) is 34.4 Å². The number of thiazole rings is 1. The molecule has 0 bridgehead atoms. The van der Waals surface area contributed by atoms with Gasteiger partial charge >= 0.3 is 0 Å². The number of carbonyl (C=O) groups is 1. The van der Waals surface area contributed by atoms with Gasteiger partial charge in [0.1, 0.15) is 0 Å². The fourth-order valence-electron chi connectivity index (χ4n) is 6.15. The van der Waals surface area contributed by atoms with E-state index >= 15 is 0 Å². The molecule has 1 aromatic heterocycles. The number of ether oxygens (including phenoxy) is 4. The maximum atomic E-state index is 13.5. The second-order valence-corrected chi connectivity index (χ2v) is 11.4. The molecule has 9 heteroatoms. The molecule has 0 saturated carbocycles. The van der Waals surface area contributed by atoms with Crippen LogP contribution >= 0.6 is 11.3 Å². The molecule has 2 aliphatic rings. The summed E-state index contributed by atoms with van der Waals surface area (Å²) in [5, 5.41) is 5.74. The van der Waals surface area contributed by atoms with E-state index in [1.165, 1.54) is 28.0 Å². The maximum absolute atomic E-state index is 13.5. The summed E-state index contributed by atoms with van der Waals surface area (Å²) in [4.78, 5) is 20.1. The van der Waals surface area contributed by atoms with E-state index in [-0.39, 0.29) is 18.0 Å². The molecule has 0 spiro atoms. The Morgan fingerprint density at radius 3 is 2.52 bits per heavy atom. The first-order chi connectivity index (χ1) is 20.6. The lowest BCUT2D eigenvalue weighted by Crippen LogP contribution is -2.44. The van der Waals surface area contributed by atoms with Crippen molar-refractivity contribution in [1.29, 1.82) is 0 Å². The smallest absolute Gasteiger partial charge is 0.278 e. The molecule has 1 aliphatic carbocycles. The summed E-state index contributed by atoms with van der Waals surface area (Å²) in [5.41, 5.74) is 5.93. The van der Waals surface area contributed by atoms with Gasteiger partial charge in [-0.2, -0.15) is 0 Å². The number of nitrogens with one attached hydrogen (secondary N) is 1. The van der Waals surface area contributed by atoms with Crippen molar-refractivity contribution in [2.45, 2.75) is 37.8 Å². The zero-order chi connectivity index (χ0) is 29.1. The minimum Gasteiger partial charge on any atom is -0.493 e. The number of benzene rings is 3. The van der Waals surface area contributed by atoms with E-state index in [1.54, 1.807) is 27.5 Å². The maximum Gasteiger partial charge on any atom is 0.278 e. The zero-order valence-electron chi connectivity index (χ0n) is 24.1. The van der Waals surface area contributed by atoms with Gasteiger partial charge in [0.05, 0.1) is 33.9 Å². The van der Waals surface area contributed by atoms with Crippen LogP contribution in [-0.2, 0) is 24.1 Å². The van der Waals surface area contributed by atoms with E-state index in [9.17, 15) is 4.79 Å². The van der Waals surface area contributed by atoms with Crippen LogP contribution in [-0.4, -0.2) is 50.2 Å². The Kier molecular flexibility index (Phi) is 8.30. The van der Waals surface area contributed by atoms with Gasteiger partial charge in [-0.25, -0.2) is 4.98 Å². The van der Waals surface area contributed by atoms with Crippen molar-refractivity contribution in [2.24, 2.45) is 0 Å². The van der Waals surface area contributed by atoms with Crippen molar-refractivity contribution in [3.8, 4) is 28.2 Å². The van der Waals surface area contributed by atoms with E-state index < -0.39 is 0 Å². The Bertz CT molecular complexity index is 1560. The third-order valence-electron chi connectivity index (χ3n) is 8.19. The first kappa shape index (κ1) is 28.1. The number of hydrogen-bond acceptors (Lipinski definition) is 8. The third kappa shape index (κ3) is 5.80. The van der Waals surface area contributed by atoms with Crippen molar-refractivity contribution in [3.05, 3.63) is 94.0 Å². The van der Waals surface area contributed by atoms with Crippen molar-refractivity contribution < 1.29 is 23.7 Å². The number of aryl methyl sites for hydroxylation is 1. The molecule has 0 radical (unpaired) electrons. The van der Waals surface area contributed by atoms with Gasteiger partial charge in [0.2, 0.25) is 5.91 Å². The van der Waals surface area contributed by atoms with Gasteiger partial charge in [-0.15, -0.1) is 0 Å². The molecule has 8 nitrogen and oxygen atoms in total. The van der Waals surface area contributed by atoms with Crippen LogP contribution in [0.3, 0.4) is 0 Å². The summed E-state index contributed by atoms with van der Waals surface area (Å²) < 4.78 is 22.9. The van der Waals surface area contributed by atoms with E-state index in [2.05, 4.69) is 51.6 Å². The number of hydrogen-bond donors (Lipinski definition) is 1. The Labute approximate surface area is 250 Å². The second kappa shape index (κ2) is 12.4. The van der Waals surface area contributed by atoms with Gasteiger partial charge in [0.25, 0.3) is 5.19 Å². The predicted octanol–water partition coefficient (Wildman–Crippen LogP) is 5.91. The van der Waals surface area contributed by atoms with Crippen molar-refractivity contribution in [1.82, 2.24) is 15.2 Å². The molecule has 4 aromatic rings. The monoisotopic (exact) mass is 585 g/mol. The normalized spacial score (nSPS) is 17.7. The molecule has 1 aliphatic heterocycles. The molecular formula is C33H35N3O5S. The molecular weight excluding hydrogens is 550 g/mol. The summed E-state index contributed by atoms with van der Waals surface area (Å²) in [5.74, 6) is 2.67. The van der Waals surface area contributed by atoms with Crippen LogP contribution in [0.15, 0.2) is 66.2 Å². The van der Waals surface area contributed by atoms with Crippen LogP contribution in [0, 0.1) is 0 Å². The highest BCUT2D eigenvalue weighted by Crippen LogP contribution is 2.42. The first-order valence-corrected chi connectivity index (χ1v) is 15.0. The summed E-state index contributed by atoms with van der Waals surface area (Å²) >= 11 is 1.43. The van der Waals surface area contributed by atoms with Gasteiger partial charge < -0.3 is 24.3 Å². The minimum atomic E-state index is -0.0713. The highest BCUT2D eigenvalue weighted by Gasteiger charge is 2.32. The molecule has 218 valence electrons. The second-order valence-electron chi connectivity index (χ2n) is 10.6. The average Bonchev–Trinajstić information content (AvgIpc) is 3.68. The first-order valence-electron chi connectivity index (χ1n) is 14.2. The fourth-order valence-corrected chi connectivity index (χ4v) is 6.64. The summed E-state index contributed by atoms with van der Waals surface area (Å²) in [7, 11) is 4.93. The van der Waals surface area contributed by atoms with E-state index in [0.29, 0.717) is 41.2 Å². The number of nitrogens with zero attached hydrogens (tertiary/aromatic N) is 2. The quantitative estimate of drug-likeness (QED) is 0.248. The molecule has 3 aromatic carbocycles. The topological polar surface area (TPSA) is 82.2 Å². The molecule has 0 saturated heterocycles. The zero-order valence-corrected chi connectivity index (χ0v) is 24.9. The fraction of sp³-hybridized carbons (Fsp3) is 0.333. The van der Waals surface area contributed by atoms with Gasteiger partial charge in [0, 0.05) is 24.2 Å². The molecule has 1 N–H and O–H groups in total. The van der Waals surface area contributed by atoms with Crippen LogP contribution < -0.4 is 24.3 Å². The predicted molar refractivity (Wildman–Crippen MR) is 162 cm³/mol. The van der Waals surface area contributed by atoms with E-state index in [0.717, 1.165) is 36.9 Å². The van der Waals surface area contributed by atoms with E-state index in [1.807, 2.05) is 23.6 Å². The van der Waals surface area contributed by atoms with Gasteiger partial charge in [-0.05, 0) is 77.8 Å². The molecule has 42 heavy (non-hydrogen) atoms. The average molecular weight is 586 g/mol. The standard InChI is InChI=1S/C33H35N3O5S/c1-38-28-11-8-21(17-29(28)39-2)16-27-25-19-31(41-33-34-13-15-42-33)30(40-3)18-23(25)12-14-36(27)20-32(37)35-26-10-9-22-6-4-5-7-24(22)26/h4-8,11,13,15,17-19,26-27H,9-10,12,14,16,20H2,1-3H3,(H,35,37). The number of amides is 1. The number of methoxy groups -OCH3 is 3. The Morgan fingerprint density at radius 1 is 0.929 bits per heavy atom. The summed E-state index contributed by atoms with van der Waals surface area (Å²) in [6, 6.07) is 18.5. The van der Waals surface area contributed by atoms with Crippen molar-refractivity contribution >= 4 is 17.2 Å². The summed E-state index contributed by atoms with van der Waals surface area (Å²) in [6.07, 6.45) is 5.11. The van der Waals surface area contributed by atoms with Crippen LogP contribution in [0.2, 0.25) is 0 Å². The molecule has 2 heterocycles. The number of carbonyl (C=O) groups excluding carboxylic acids is 1. The molecule has 2 atom stereocenters. The highest BCUT2D eigenvalue weighted by atomic mass is 32.1. The Balaban J connectivity index is 1.31. The van der Waals surface area contributed by atoms with Gasteiger partial charge in [-0.3, -0.25) is 9.69 Å². The highest BCUT2D eigenvalue weighted by molar-refractivity contribution is 7.11.